The van der Waals surface area contributed by atoms with Gasteiger partial charge in [-0.3, -0.25) is 4.90 Å². The molecular formula is C16H23N3O4. The predicted octanol–water partition coefficient (Wildman–Crippen LogP) is 1.62. The molecule has 0 fully saturated rings. The zero-order chi connectivity index (χ0) is 16.8. The van der Waals surface area contributed by atoms with Crippen LogP contribution in [0.5, 0.6) is 0 Å². The van der Waals surface area contributed by atoms with Crippen molar-refractivity contribution in [2.24, 2.45) is 0 Å². The van der Waals surface area contributed by atoms with E-state index in [1.54, 1.807) is 13.2 Å². The summed E-state index contributed by atoms with van der Waals surface area (Å²) < 4.78 is 10.5. The van der Waals surface area contributed by atoms with Crippen molar-refractivity contribution in [1.29, 1.82) is 0 Å². The van der Waals surface area contributed by atoms with E-state index in [2.05, 4.69) is 10.6 Å². The van der Waals surface area contributed by atoms with Crippen LogP contribution in [0.15, 0.2) is 34.1 Å². The largest absolute Gasteiger partial charge is 0.468 e. The van der Waals surface area contributed by atoms with Crippen LogP contribution in [0, 0.1) is 0 Å². The fraction of sp³-hybridized carbons (Fsp3) is 0.500. The minimum atomic E-state index is -0.395. The highest BCUT2D eigenvalue weighted by Gasteiger charge is 2.31. The topological polar surface area (TPSA) is 83.8 Å². The average Bonchev–Trinajstić information content (AvgIpc) is 2.99. The highest BCUT2D eigenvalue weighted by atomic mass is 16.5. The second kappa shape index (κ2) is 7.82. The zero-order valence-corrected chi connectivity index (χ0v) is 13.7. The van der Waals surface area contributed by atoms with Crippen LogP contribution in [-0.4, -0.2) is 43.1 Å². The van der Waals surface area contributed by atoms with Gasteiger partial charge in [0, 0.05) is 12.2 Å². The molecule has 2 N–H and O–H groups in total. The van der Waals surface area contributed by atoms with Gasteiger partial charge in [-0.15, -0.1) is 0 Å². The van der Waals surface area contributed by atoms with Gasteiger partial charge in [0.2, 0.25) is 0 Å². The number of furan rings is 1. The Morgan fingerprint density at radius 2 is 2.17 bits per heavy atom. The van der Waals surface area contributed by atoms with Crippen LogP contribution < -0.4 is 10.6 Å². The molecule has 126 valence electrons. The Morgan fingerprint density at radius 3 is 2.78 bits per heavy atom. The smallest absolute Gasteiger partial charge is 0.337 e. The first-order valence-corrected chi connectivity index (χ1v) is 7.73. The number of likely N-dealkylation sites (N-methyl/N-ethyl adjacent to an activating group) is 1. The summed E-state index contributed by atoms with van der Waals surface area (Å²) in [5.74, 6) is 0.423. The van der Waals surface area contributed by atoms with Gasteiger partial charge in [0.05, 0.1) is 31.0 Å². The molecule has 1 aliphatic rings. The minimum absolute atomic E-state index is 0.294. The first kappa shape index (κ1) is 17.1. The second-order valence-corrected chi connectivity index (χ2v) is 5.42. The van der Waals surface area contributed by atoms with Crippen LogP contribution in [0.1, 0.15) is 26.0 Å². The quantitative estimate of drug-likeness (QED) is 0.746. The summed E-state index contributed by atoms with van der Waals surface area (Å²) in [4.78, 5) is 26.1. The van der Waals surface area contributed by atoms with E-state index in [-0.39, 0.29) is 12.1 Å². The van der Waals surface area contributed by atoms with Gasteiger partial charge < -0.3 is 19.8 Å². The Hall–Kier alpha value is -2.28. The molecule has 0 bridgehead atoms. The number of amides is 2. The highest BCUT2D eigenvalue weighted by molar-refractivity contribution is 5.94. The molecule has 0 radical (unpaired) electrons. The maximum Gasteiger partial charge on any atom is 0.337 e. The van der Waals surface area contributed by atoms with E-state index in [4.69, 9.17) is 9.15 Å². The normalized spacial score (nSPS) is 17.9. The molecule has 0 aromatic carbocycles. The lowest BCUT2D eigenvalue weighted by molar-refractivity contribution is -0.139. The second-order valence-electron chi connectivity index (χ2n) is 5.42. The maximum atomic E-state index is 12.3. The SMILES string of the molecule is CCOC(=O)C1=C(CN(C)Cc2ccco2)NC(=O)N[C@@H]1CC. The van der Waals surface area contributed by atoms with Crippen LogP contribution in [0.25, 0.3) is 0 Å². The molecule has 0 aliphatic carbocycles. The molecule has 0 saturated heterocycles. The fourth-order valence-electron chi connectivity index (χ4n) is 2.58. The molecule has 2 amide bonds. The zero-order valence-electron chi connectivity index (χ0n) is 13.7. The molecule has 2 heterocycles. The van der Waals surface area contributed by atoms with Gasteiger partial charge in [-0.05, 0) is 32.5 Å². The summed E-state index contributed by atoms with van der Waals surface area (Å²) >= 11 is 0. The number of nitrogens with one attached hydrogen (secondary N) is 2. The van der Waals surface area contributed by atoms with Crippen molar-refractivity contribution in [2.45, 2.75) is 32.9 Å². The third-order valence-electron chi connectivity index (χ3n) is 3.58. The van der Waals surface area contributed by atoms with Gasteiger partial charge in [0.15, 0.2) is 0 Å². The first-order valence-electron chi connectivity index (χ1n) is 7.73. The number of carbonyl (C=O) groups is 2. The van der Waals surface area contributed by atoms with E-state index in [9.17, 15) is 9.59 Å². The number of ether oxygens (including phenoxy) is 1. The summed E-state index contributed by atoms with van der Waals surface area (Å²) in [6.07, 6.45) is 2.23. The molecule has 1 atom stereocenters. The van der Waals surface area contributed by atoms with E-state index in [1.165, 1.54) is 0 Å². The number of urea groups is 1. The van der Waals surface area contributed by atoms with Crippen molar-refractivity contribution in [3.8, 4) is 0 Å². The Morgan fingerprint density at radius 1 is 1.39 bits per heavy atom. The summed E-state index contributed by atoms with van der Waals surface area (Å²) in [5, 5.41) is 5.50. The van der Waals surface area contributed by atoms with Crippen LogP contribution in [0.3, 0.4) is 0 Å². The van der Waals surface area contributed by atoms with Crippen molar-refractivity contribution in [2.75, 3.05) is 20.2 Å². The molecule has 7 heteroatoms. The van der Waals surface area contributed by atoms with Gasteiger partial charge in [-0.2, -0.15) is 0 Å². The number of hydrogen-bond acceptors (Lipinski definition) is 5. The Labute approximate surface area is 135 Å². The highest BCUT2D eigenvalue weighted by Crippen LogP contribution is 2.18. The van der Waals surface area contributed by atoms with Crippen LogP contribution in [0.4, 0.5) is 4.79 Å². The molecule has 7 nitrogen and oxygen atoms in total. The molecule has 0 spiro atoms. The monoisotopic (exact) mass is 321 g/mol. The van der Waals surface area contributed by atoms with E-state index in [0.29, 0.717) is 37.4 Å². The van der Waals surface area contributed by atoms with Crippen molar-refractivity contribution in [1.82, 2.24) is 15.5 Å². The molecule has 1 aliphatic heterocycles. The van der Waals surface area contributed by atoms with Crippen molar-refractivity contribution < 1.29 is 18.7 Å². The van der Waals surface area contributed by atoms with E-state index < -0.39 is 5.97 Å². The van der Waals surface area contributed by atoms with Crippen LogP contribution in [-0.2, 0) is 16.1 Å². The molecule has 2 rings (SSSR count). The maximum absolute atomic E-state index is 12.3. The van der Waals surface area contributed by atoms with E-state index in [0.717, 1.165) is 5.76 Å². The number of rotatable bonds is 7. The number of carbonyl (C=O) groups excluding carboxylic acids is 2. The Balaban J connectivity index is 2.20. The third-order valence-corrected chi connectivity index (χ3v) is 3.58. The molecule has 1 aromatic rings. The lowest BCUT2D eigenvalue weighted by Crippen LogP contribution is -2.51. The lowest BCUT2D eigenvalue weighted by atomic mass is 10.00. The summed E-state index contributed by atoms with van der Waals surface area (Å²) in [5.41, 5.74) is 1.06. The third kappa shape index (κ3) is 4.35. The summed E-state index contributed by atoms with van der Waals surface area (Å²) in [6.45, 7) is 4.96. The number of hydrogen-bond donors (Lipinski definition) is 2. The molecule has 0 saturated carbocycles. The van der Waals surface area contributed by atoms with Gasteiger partial charge in [0.1, 0.15) is 5.76 Å². The lowest BCUT2D eigenvalue weighted by Gasteiger charge is -2.30. The van der Waals surface area contributed by atoms with E-state index >= 15 is 0 Å². The predicted molar refractivity (Wildman–Crippen MR) is 84.4 cm³/mol. The van der Waals surface area contributed by atoms with Gasteiger partial charge >= 0.3 is 12.0 Å². The Bertz CT molecular complexity index is 580. The fourth-order valence-corrected chi connectivity index (χ4v) is 2.58. The Kier molecular flexibility index (Phi) is 5.81. The minimum Gasteiger partial charge on any atom is -0.468 e. The van der Waals surface area contributed by atoms with E-state index in [1.807, 2.05) is 31.0 Å². The molecule has 0 unspecified atom stereocenters. The van der Waals surface area contributed by atoms with Gasteiger partial charge in [-0.25, -0.2) is 9.59 Å². The molecule has 1 aromatic heterocycles. The van der Waals surface area contributed by atoms with Crippen molar-refractivity contribution >= 4 is 12.0 Å². The van der Waals surface area contributed by atoms with Gasteiger partial charge in [-0.1, -0.05) is 6.92 Å². The molecular weight excluding hydrogens is 298 g/mol. The number of nitrogens with zero attached hydrogens (tertiary/aromatic N) is 1. The van der Waals surface area contributed by atoms with Crippen molar-refractivity contribution in [3.63, 3.8) is 0 Å². The van der Waals surface area contributed by atoms with Crippen LogP contribution in [0.2, 0.25) is 0 Å². The van der Waals surface area contributed by atoms with Crippen LogP contribution >= 0.6 is 0 Å². The van der Waals surface area contributed by atoms with Gasteiger partial charge in [0.25, 0.3) is 0 Å². The number of esters is 1. The summed E-state index contributed by atoms with van der Waals surface area (Å²) in [6, 6.07) is 3.07. The van der Waals surface area contributed by atoms with Crippen molar-refractivity contribution in [3.05, 3.63) is 35.4 Å². The summed E-state index contributed by atoms with van der Waals surface area (Å²) in [7, 11) is 1.90. The average molecular weight is 321 g/mol. The molecule has 23 heavy (non-hydrogen) atoms. The standard InChI is InChI=1S/C16H23N3O4/c1-4-12-14(15(20)22-5-2)13(18-16(21)17-12)10-19(3)9-11-7-6-8-23-11/h6-8,12H,4-5,9-10H2,1-3H3,(H2,17,18,21)/t12-/m1/s1. The first-order chi connectivity index (χ1) is 11.0.